The van der Waals surface area contributed by atoms with E-state index in [-0.39, 0.29) is 43.1 Å². The van der Waals surface area contributed by atoms with E-state index in [0.29, 0.717) is 12.8 Å². The van der Waals surface area contributed by atoms with Gasteiger partial charge in [0.15, 0.2) is 0 Å². The number of aliphatic carboxylic acids is 1. The second-order valence-electron chi connectivity index (χ2n) is 15.5. The summed E-state index contributed by atoms with van der Waals surface area (Å²) in [5.41, 5.74) is -1.83. The Labute approximate surface area is 268 Å². The molecular formula is C32H50F4N2O8. The molecule has 264 valence electrons. The molecule has 0 aromatic rings. The number of halogens is 4. The van der Waals surface area contributed by atoms with Crippen molar-refractivity contribution in [1.82, 2.24) is 10.6 Å². The third-order valence-electron chi connectivity index (χ3n) is 9.24. The standard InChI is InChI=1S/C17H27F2NO4.C15H23F2NO4/c1-5-23-13(21)12(20-14(22)24-15(2,3)4)11-10-16(6-7-16)8-9-17(11,18)19;1-13(2,3)22-12(21)18-10(11(19)20)9-8-14(4-5-14)6-7-15(9,16)17/h11-12H,5-10H2,1-4H3,(H,20,22);9-10H,4-8H2,1-3H3,(H,18,21)(H,19,20)/t11-,12-;9-,10-/m00/s1. The SMILES string of the molecule is CC(C)(C)OC(=O)N[C@H](C(=O)O)[C@@H]1CC2(CC2)CCC1(F)F.CCOC(=O)[C@@H](NC(=O)OC(C)(C)C)[C@@H]1CC2(CC2)CCC1(F)F. The highest BCUT2D eigenvalue weighted by Gasteiger charge is 2.60. The highest BCUT2D eigenvalue weighted by Crippen LogP contribution is 2.62. The average Bonchev–Trinajstić information content (AvgIpc) is 3.81. The highest BCUT2D eigenvalue weighted by atomic mass is 19.3. The number of alkyl halides is 4. The van der Waals surface area contributed by atoms with Crippen molar-refractivity contribution in [3.63, 3.8) is 0 Å². The molecular weight excluding hydrogens is 616 g/mol. The number of carbonyl (C=O) groups excluding carboxylic acids is 3. The predicted octanol–water partition coefficient (Wildman–Crippen LogP) is 6.84. The summed E-state index contributed by atoms with van der Waals surface area (Å²) in [5.74, 6) is -11.0. The molecule has 3 N–H and O–H groups in total. The molecule has 0 radical (unpaired) electrons. The second-order valence-corrected chi connectivity index (χ2v) is 15.5. The van der Waals surface area contributed by atoms with Crippen LogP contribution in [0.4, 0.5) is 27.2 Å². The predicted molar refractivity (Wildman–Crippen MR) is 158 cm³/mol. The van der Waals surface area contributed by atoms with Crippen LogP contribution in [0.1, 0.15) is 113 Å². The van der Waals surface area contributed by atoms with Gasteiger partial charge >= 0.3 is 24.1 Å². The number of alkyl carbamates (subject to hydrolysis) is 2. The Balaban J connectivity index is 0.000000251. The number of esters is 1. The third kappa shape index (κ3) is 10.4. The van der Waals surface area contributed by atoms with E-state index >= 15 is 0 Å². The summed E-state index contributed by atoms with van der Waals surface area (Å²) in [6.45, 7) is 11.5. The Morgan fingerprint density at radius 3 is 1.37 bits per heavy atom. The molecule has 0 heterocycles. The van der Waals surface area contributed by atoms with Crippen molar-refractivity contribution < 1.29 is 56.1 Å². The van der Waals surface area contributed by atoms with Crippen LogP contribution in [0, 0.1) is 22.7 Å². The first-order valence-electron chi connectivity index (χ1n) is 16.1. The van der Waals surface area contributed by atoms with Crippen molar-refractivity contribution in [2.75, 3.05) is 6.61 Å². The van der Waals surface area contributed by atoms with E-state index in [1.54, 1.807) is 48.5 Å². The first-order valence-corrected chi connectivity index (χ1v) is 16.1. The molecule has 0 unspecified atom stereocenters. The first kappa shape index (κ1) is 37.7. The van der Waals surface area contributed by atoms with E-state index in [4.69, 9.17) is 14.2 Å². The zero-order valence-corrected chi connectivity index (χ0v) is 27.9. The van der Waals surface area contributed by atoms with Gasteiger partial charge in [-0.15, -0.1) is 0 Å². The zero-order valence-electron chi connectivity index (χ0n) is 27.9. The Kier molecular flexibility index (Phi) is 10.9. The van der Waals surface area contributed by atoms with Gasteiger partial charge in [-0.3, -0.25) is 0 Å². The van der Waals surface area contributed by atoms with Crippen molar-refractivity contribution in [2.24, 2.45) is 22.7 Å². The molecule has 10 nitrogen and oxygen atoms in total. The number of carbonyl (C=O) groups is 4. The molecule has 46 heavy (non-hydrogen) atoms. The van der Waals surface area contributed by atoms with Crippen LogP contribution >= 0.6 is 0 Å². The third-order valence-corrected chi connectivity index (χ3v) is 9.24. The van der Waals surface area contributed by atoms with Crippen LogP contribution in [0.25, 0.3) is 0 Å². The fourth-order valence-corrected chi connectivity index (χ4v) is 6.41. The Bertz CT molecular complexity index is 1140. The van der Waals surface area contributed by atoms with Gasteiger partial charge in [-0.25, -0.2) is 36.7 Å². The molecule has 4 aliphatic carbocycles. The normalized spacial score (nSPS) is 26.3. The van der Waals surface area contributed by atoms with Crippen LogP contribution in [-0.2, 0) is 23.8 Å². The molecule has 0 saturated heterocycles. The summed E-state index contributed by atoms with van der Waals surface area (Å²) in [7, 11) is 0. The van der Waals surface area contributed by atoms with Crippen molar-refractivity contribution in [1.29, 1.82) is 0 Å². The molecule has 0 bridgehead atoms. The lowest BCUT2D eigenvalue weighted by Gasteiger charge is -2.39. The van der Waals surface area contributed by atoms with Crippen LogP contribution in [0.15, 0.2) is 0 Å². The lowest BCUT2D eigenvalue weighted by atomic mass is 9.73. The molecule has 4 atom stereocenters. The summed E-state index contributed by atoms with van der Waals surface area (Å²) in [4.78, 5) is 47.4. The number of amides is 2. The summed E-state index contributed by atoms with van der Waals surface area (Å²) in [5, 5.41) is 13.7. The van der Waals surface area contributed by atoms with Crippen LogP contribution in [0.2, 0.25) is 0 Å². The number of nitrogens with one attached hydrogen (secondary N) is 2. The van der Waals surface area contributed by atoms with Gasteiger partial charge in [0.1, 0.15) is 23.3 Å². The van der Waals surface area contributed by atoms with Gasteiger partial charge < -0.3 is 30.0 Å². The van der Waals surface area contributed by atoms with Gasteiger partial charge in [-0.05, 0) is 111 Å². The maximum absolute atomic E-state index is 14.5. The van der Waals surface area contributed by atoms with Crippen molar-refractivity contribution in [3.8, 4) is 0 Å². The number of carboxylic acids is 1. The highest BCUT2D eigenvalue weighted by molar-refractivity contribution is 5.82. The minimum absolute atomic E-state index is 0.0643. The van der Waals surface area contributed by atoms with Gasteiger partial charge in [-0.2, -0.15) is 0 Å². The van der Waals surface area contributed by atoms with Crippen LogP contribution in [0.5, 0.6) is 0 Å². The average molecular weight is 667 g/mol. The molecule has 0 aromatic heterocycles. The molecule has 2 spiro atoms. The molecule has 0 aromatic carbocycles. The summed E-state index contributed by atoms with van der Waals surface area (Å²) < 4.78 is 72.4. The van der Waals surface area contributed by atoms with E-state index in [0.717, 1.165) is 25.7 Å². The Hall–Kier alpha value is -2.80. The molecule has 4 saturated carbocycles. The smallest absolute Gasteiger partial charge is 0.408 e. The molecule has 0 aliphatic heterocycles. The van der Waals surface area contributed by atoms with E-state index in [2.05, 4.69) is 10.6 Å². The second kappa shape index (κ2) is 13.4. The summed E-state index contributed by atoms with van der Waals surface area (Å²) in [6.07, 6.45) is 2.33. The lowest BCUT2D eigenvalue weighted by molar-refractivity contribution is -0.160. The number of hydrogen-bond acceptors (Lipinski definition) is 7. The maximum atomic E-state index is 14.5. The van der Waals surface area contributed by atoms with Gasteiger partial charge in [0.2, 0.25) is 0 Å². The Morgan fingerprint density at radius 2 is 1.04 bits per heavy atom. The van der Waals surface area contributed by atoms with Gasteiger partial charge in [0.25, 0.3) is 11.8 Å². The molecule has 4 aliphatic rings. The van der Waals surface area contributed by atoms with E-state index in [9.17, 15) is 41.8 Å². The number of ether oxygens (including phenoxy) is 3. The zero-order chi connectivity index (χ0) is 34.9. The monoisotopic (exact) mass is 666 g/mol. The minimum atomic E-state index is -3.09. The van der Waals surface area contributed by atoms with Crippen LogP contribution < -0.4 is 10.6 Å². The van der Waals surface area contributed by atoms with Crippen LogP contribution in [0.3, 0.4) is 0 Å². The largest absolute Gasteiger partial charge is 0.480 e. The van der Waals surface area contributed by atoms with Crippen molar-refractivity contribution in [2.45, 2.75) is 148 Å². The number of hydrogen-bond donors (Lipinski definition) is 3. The fourth-order valence-electron chi connectivity index (χ4n) is 6.41. The molecule has 2 amide bonds. The van der Waals surface area contributed by atoms with Gasteiger partial charge in [-0.1, -0.05) is 0 Å². The molecule has 14 heteroatoms. The molecule has 4 rings (SSSR count). The van der Waals surface area contributed by atoms with Gasteiger partial charge in [0, 0.05) is 12.8 Å². The quantitative estimate of drug-likeness (QED) is 0.153. The minimum Gasteiger partial charge on any atom is -0.480 e. The molecule has 4 fully saturated rings. The summed E-state index contributed by atoms with van der Waals surface area (Å²) in [6, 6.07) is -3.03. The van der Waals surface area contributed by atoms with E-state index < -0.39 is 71.1 Å². The fraction of sp³-hybridized carbons (Fsp3) is 0.875. The van der Waals surface area contributed by atoms with E-state index in [1.165, 1.54) is 0 Å². The maximum Gasteiger partial charge on any atom is 0.408 e. The van der Waals surface area contributed by atoms with Crippen molar-refractivity contribution in [3.05, 3.63) is 0 Å². The topological polar surface area (TPSA) is 140 Å². The first-order chi connectivity index (χ1) is 20.9. The van der Waals surface area contributed by atoms with Crippen molar-refractivity contribution >= 4 is 24.1 Å². The lowest BCUT2D eigenvalue weighted by Crippen LogP contribution is -2.55. The van der Waals surface area contributed by atoms with Gasteiger partial charge in [0.05, 0.1) is 18.4 Å². The van der Waals surface area contributed by atoms with Crippen LogP contribution in [-0.4, -0.2) is 71.0 Å². The number of carboxylic acid groups (broad SMARTS) is 1. The Morgan fingerprint density at radius 1 is 0.696 bits per heavy atom. The van der Waals surface area contributed by atoms with E-state index in [1.807, 2.05) is 0 Å². The number of rotatable bonds is 7. The summed E-state index contributed by atoms with van der Waals surface area (Å²) >= 11 is 0.